The summed E-state index contributed by atoms with van der Waals surface area (Å²) in [6.07, 6.45) is 1.03. The molecule has 0 bridgehead atoms. The van der Waals surface area contributed by atoms with Crippen molar-refractivity contribution in [2.24, 2.45) is 5.92 Å². The topological polar surface area (TPSA) is 81.6 Å². The molecular weight excluding hydrogens is 268 g/mol. The number of nitrogens with one attached hydrogen (secondary N) is 2. The first-order valence-corrected chi connectivity index (χ1v) is 7.37. The lowest BCUT2D eigenvalue weighted by Crippen LogP contribution is -2.43. The molecule has 1 aromatic rings. The van der Waals surface area contributed by atoms with Gasteiger partial charge in [0.1, 0.15) is 5.75 Å². The first kappa shape index (κ1) is 17.3. The Labute approximate surface area is 126 Å². The number of carbonyl (C=O) groups excluding carboxylic acids is 1. The molecule has 0 heterocycles. The van der Waals surface area contributed by atoms with Gasteiger partial charge in [0.15, 0.2) is 0 Å². The Hall–Kier alpha value is -1.75. The second-order valence-electron chi connectivity index (χ2n) is 5.82. The quantitative estimate of drug-likeness (QED) is 0.621. The van der Waals surface area contributed by atoms with Gasteiger partial charge in [-0.3, -0.25) is 0 Å². The van der Waals surface area contributed by atoms with Gasteiger partial charge in [-0.1, -0.05) is 19.1 Å². The molecule has 0 radical (unpaired) electrons. The van der Waals surface area contributed by atoms with Crippen molar-refractivity contribution >= 4 is 6.03 Å². The minimum absolute atomic E-state index is 0.00149. The van der Waals surface area contributed by atoms with Crippen molar-refractivity contribution < 1.29 is 15.0 Å². The Kier molecular flexibility index (Phi) is 7.02. The zero-order valence-electron chi connectivity index (χ0n) is 13.0. The molecule has 0 aromatic heterocycles. The fourth-order valence-corrected chi connectivity index (χ4v) is 2.24. The SMILES string of the molecule is CC(O)CC(C)CNC(=O)NC(C)Cc1ccc(O)cc1. The van der Waals surface area contributed by atoms with Crippen molar-refractivity contribution in [3.05, 3.63) is 29.8 Å². The number of carbonyl (C=O) groups is 1. The molecule has 0 saturated carbocycles. The summed E-state index contributed by atoms with van der Waals surface area (Å²) in [5.74, 6) is 0.479. The van der Waals surface area contributed by atoms with Crippen LogP contribution < -0.4 is 10.6 Å². The van der Waals surface area contributed by atoms with Gasteiger partial charge in [0, 0.05) is 12.6 Å². The van der Waals surface area contributed by atoms with Crippen LogP contribution in [0, 0.1) is 5.92 Å². The number of urea groups is 1. The van der Waals surface area contributed by atoms with Gasteiger partial charge < -0.3 is 20.8 Å². The molecule has 4 N–H and O–H groups in total. The van der Waals surface area contributed by atoms with Crippen LogP contribution in [-0.4, -0.2) is 34.9 Å². The molecular formula is C16H26N2O3. The van der Waals surface area contributed by atoms with Crippen LogP contribution in [0.1, 0.15) is 32.8 Å². The van der Waals surface area contributed by atoms with Crippen LogP contribution >= 0.6 is 0 Å². The van der Waals surface area contributed by atoms with Gasteiger partial charge in [-0.2, -0.15) is 0 Å². The van der Waals surface area contributed by atoms with Crippen LogP contribution in [0.5, 0.6) is 5.75 Å². The molecule has 1 aromatic carbocycles. The third-order valence-electron chi connectivity index (χ3n) is 3.21. The van der Waals surface area contributed by atoms with Crippen LogP contribution in [0.4, 0.5) is 4.79 Å². The molecule has 0 fully saturated rings. The molecule has 3 unspecified atom stereocenters. The normalized spacial score (nSPS) is 15.0. The van der Waals surface area contributed by atoms with E-state index in [0.29, 0.717) is 19.4 Å². The molecule has 1 rings (SSSR count). The average molecular weight is 294 g/mol. The largest absolute Gasteiger partial charge is 0.508 e. The predicted octanol–water partition coefficient (Wildman–Crippen LogP) is 2.03. The van der Waals surface area contributed by atoms with Gasteiger partial charge in [0.2, 0.25) is 0 Å². The Morgan fingerprint density at radius 1 is 1.19 bits per heavy atom. The van der Waals surface area contributed by atoms with Gasteiger partial charge in [-0.15, -0.1) is 0 Å². The van der Waals surface area contributed by atoms with Crippen molar-refractivity contribution in [2.75, 3.05) is 6.54 Å². The van der Waals surface area contributed by atoms with Gasteiger partial charge in [0.25, 0.3) is 0 Å². The van der Waals surface area contributed by atoms with E-state index < -0.39 is 0 Å². The minimum atomic E-state index is -0.349. The van der Waals surface area contributed by atoms with Gasteiger partial charge in [-0.05, 0) is 50.3 Å². The van der Waals surface area contributed by atoms with E-state index in [-0.39, 0.29) is 29.8 Å². The second kappa shape index (κ2) is 8.52. The summed E-state index contributed by atoms with van der Waals surface area (Å²) < 4.78 is 0. The molecule has 0 aliphatic carbocycles. The molecule has 0 aliphatic rings. The van der Waals surface area contributed by atoms with Crippen molar-refractivity contribution in [2.45, 2.75) is 45.8 Å². The summed E-state index contributed by atoms with van der Waals surface area (Å²) in [5.41, 5.74) is 1.06. The maximum absolute atomic E-state index is 11.8. The summed E-state index contributed by atoms with van der Waals surface area (Å²) in [4.78, 5) is 11.8. The fourth-order valence-electron chi connectivity index (χ4n) is 2.24. The smallest absolute Gasteiger partial charge is 0.315 e. The number of aromatic hydroxyl groups is 1. The summed E-state index contributed by atoms with van der Waals surface area (Å²) in [6.45, 7) is 6.22. The van der Waals surface area contributed by atoms with Crippen LogP contribution in [-0.2, 0) is 6.42 Å². The molecule has 21 heavy (non-hydrogen) atoms. The molecule has 5 nitrogen and oxygen atoms in total. The number of phenols is 1. The number of rotatable bonds is 7. The van der Waals surface area contributed by atoms with E-state index in [9.17, 15) is 15.0 Å². The minimum Gasteiger partial charge on any atom is -0.508 e. The van der Waals surface area contributed by atoms with Crippen molar-refractivity contribution in [1.29, 1.82) is 0 Å². The maximum atomic E-state index is 11.8. The Morgan fingerprint density at radius 3 is 2.38 bits per heavy atom. The Balaban J connectivity index is 2.28. The third-order valence-corrected chi connectivity index (χ3v) is 3.21. The van der Waals surface area contributed by atoms with E-state index in [2.05, 4.69) is 10.6 Å². The van der Waals surface area contributed by atoms with Crippen molar-refractivity contribution in [3.63, 3.8) is 0 Å². The Bertz CT molecular complexity index is 432. The highest BCUT2D eigenvalue weighted by atomic mass is 16.3. The number of hydrogen-bond donors (Lipinski definition) is 4. The van der Waals surface area contributed by atoms with Crippen LogP contribution in [0.3, 0.4) is 0 Å². The zero-order chi connectivity index (χ0) is 15.8. The monoisotopic (exact) mass is 294 g/mol. The number of amides is 2. The summed E-state index contributed by atoms with van der Waals surface area (Å²) in [6, 6.07) is 6.77. The predicted molar refractivity (Wildman–Crippen MR) is 83.3 cm³/mol. The van der Waals surface area contributed by atoms with E-state index in [0.717, 1.165) is 5.56 Å². The molecule has 2 amide bonds. The lowest BCUT2D eigenvalue weighted by molar-refractivity contribution is 0.163. The highest BCUT2D eigenvalue weighted by molar-refractivity contribution is 5.74. The molecule has 5 heteroatoms. The number of aliphatic hydroxyl groups excluding tert-OH is 1. The first-order valence-electron chi connectivity index (χ1n) is 7.37. The van der Waals surface area contributed by atoms with E-state index >= 15 is 0 Å². The lowest BCUT2D eigenvalue weighted by atomic mass is 10.1. The van der Waals surface area contributed by atoms with E-state index in [1.54, 1.807) is 19.1 Å². The molecule has 3 atom stereocenters. The number of phenolic OH excluding ortho intramolecular Hbond substituents is 1. The van der Waals surface area contributed by atoms with Gasteiger partial charge in [-0.25, -0.2) is 4.79 Å². The average Bonchev–Trinajstić information content (AvgIpc) is 2.38. The summed E-state index contributed by atoms with van der Waals surface area (Å²) >= 11 is 0. The fraction of sp³-hybridized carbons (Fsp3) is 0.562. The molecule has 0 aliphatic heterocycles. The number of hydrogen-bond acceptors (Lipinski definition) is 3. The van der Waals surface area contributed by atoms with Crippen LogP contribution in [0.25, 0.3) is 0 Å². The molecule has 118 valence electrons. The third kappa shape index (κ3) is 7.56. The van der Waals surface area contributed by atoms with Crippen molar-refractivity contribution in [3.8, 4) is 5.75 Å². The van der Waals surface area contributed by atoms with Crippen LogP contribution in [0.15, 0.2) is 24.3 Å². The van der Waals surface area contributed by atoms with Crippen molar-refractivity contribution in [1.82, 2.24) is 10.6 Å². The van der Waals surface area contributed by atoms with Gasteiger partial charge >= 0.3 is 6.03 Å². The van der Waals surface area contributed by atoms with Crippen LogP contribution in [0.2, 0.25) is 0 Å². The maximum Gasteiger partial charge on any atom is 0.315 e. The first-order chi connectivity index (χ1) is 9.86. The molecule has 0 saturated heterocycles. The van der Waals surface area contributed by atoms with E-state index in [1.807, 2.05) is 26.0 Å². The number of benzene rings is 1. The van der Waals surface area contributed by atoms with Gasteiger partial charge in [0.05, 0.1) is 6.10 Å². The standard InChI is InChI=1S/C16H26N2O3/c1-11(8-13(3)19)10-17-16(21)18-12(2)9-14-4-6-15(20)7-5-14/h4-7,11-13,19-20H,8-10H2,1-3H3,(H2,17,18,21). The zero-order valence-corrected chi connectivity index (χ0v) is 13.0. The highest BCUT2D eigenvalue weighted by Crippen LogP contribution is 2.11. The highest BCUT2D eigenvalue weighted by Gasteiger charge is 2.10. The Morgan fingerprint density at radius 2 is 1.81 bits per heavy atom. The number of aliphatic hydroxyl groups is 1. The molecule has 0 spiro atoms. The van der Waals surface area contributed by atoms with E-state index in [4.69, 9.17) is 0 Å². The summed E-state index contributed by atoms with van der Waals surface area (Å²) in [5, 5.41) is 24.2. The van der Waals surface area contributed by atoms with E-state index in [1.165, 1.54) is 0 Å². The summed E-state index contributed by atoms with van der Waals surface area (Å²) in [7, 11) is 0. The lowest BCUT2D eigenvalue weighted by Gasteiger charge is -2.17. The second-order valence-corrected chi connectivity index (χ2v) is 5.82.